The van der Waals surface area contributed by atoms with Gasteiger partial charge in [-0.15, -0.1) is 0 Å². The van der Waals surface area contributed by atoms with Crippen LogP contribution >= 0.6 is 23.5 Å². The third-order valence-electron chi connectivity index (χ3n) is 1.53. The Morgan fingerprint density at radius 3 is 3.00 bits per heavy atom. The Morgan fingerprint density at radius 2 is 2.36 bits per heavy atom. The maximum absolute atomic E-state index is 11.7. The van der Waals surface area contributed by atoms with Crippen molar-refractivity contribution in [2.45, 2.75) is 5.25 Å². The van der Waals surface area contributed by atoms with Crippen molar-refractivity contribution in [3.63, 3.8) is 0 Å². The summed E-state index contributed by atoms with van der Waals surface area (Å²) in [5, 5.41) is 3.80. The third-order valence-corrected chi connectivity index (χ3v) is 4.37. The van der Waals surface area contributed by atoms with Gasteiger partial charge in [-0.1, -0.05) is 0 Å². The van der Waals surface area contributed by atoms with Crippen LogP contribution in [0.3, 0.4) is 0 Å². The van der Waals surface area contributed by atoms with Crippen LogP contribution in [-0.4, -0.2) is 42.3 Å². The van der Waals surface area contributed by atoms with Crippen LogP contribution in [0.2, 0.25) is 0 Å². The second-order valence-corrected chi connectivity index (χ2v) is 5.02. The van der Waals surface area contributed by atoms with E-state index in [4.69, 9.17) is 0 Å². The molecule has 0 saturated carbocycles. The lowest BCUT2D eigenvalue weighted by Crippen LogP contribution is -2.30. The Kier molecular flexibility index (Phi) is 5.41. The highest BCUT2D eigenvalue weighted by molar-refractivity contribution is 8.06. The van der Waals surface area contributed by atoms with Crippen LogP contribution in [-0.2, 0) is 0 Å². The number of halogens is 1. The average molecular weight is 195 g/mol. The highest BCUT2D eigenvalue weighted by atomic mass is 32.2. The van der Waals surface area contributed by atoms with Crippen molar-refractivity contribution in [1.82, 2.24) is 5.32 Å². The van der Waals surface area contributed by atoms with Crippen molar-refractivity contribution in [1.29, 1.82) is 0 Å². The van der Waals surface area contributed by atoms with Crippen LogP contribution in [0.25, 0.3) is 0 Å². The fourth-order valence-electron chi connectivity index (χ4n) is 0.984. The first kappa shape index (κ1) is 9.68. The highest BCUT2D eigenvalue weighted by Crippen LogP contribution is 2.22. The summed E-state index contributed by atoms with van der Waals surface area (Å²) in [6.45, 7) is 1.24. The molecule has 1 N–H and O–H groups in total. The molecule has 1 atom stereocenters. The number of hydrogen-bond acceptors (Lipinski definition) is 3. The van der Waals surface area contributed by atoms with Crippen LogP contribution in [0.1, 0.15) is 0 Å². The van der Waals surface area contributed by atoms with Gasteiger partial charge < -0.3 is 5.32 Å². The van der Waals surface area contributed by atoms with Gasteiger partial charge in [0.2, 0.25) is 0 Å². The van der Waals surface area contributed by atoms with E-state index < -0.39 is 0 Å². The Hall–Kier alpha value is 0.590. The van der Waals surface area contributed by atoms with Gasteiger partial charge >= 0.3 is 0 Å². The molecule has 0 aromatic carbocycles. The molecule has 1 aliphatic heterocycles. The molecule has 1 aliphatic rings. The molecule has 0 aliphatic carbocycles. The summed E-state index contributed by atoms with van der Waals surface area (Å²) >= 11 is 4.01. The number of hydrogen-bond donors (Lipinski definition) is 1. The van der Waals surface area contributed by atoms with Gasteiger partial charge in [0.15, 0.2) is 0 Å². The van der Waals surface area contributed by atoms with Crippen molar-refractivity contribution >= 4 is 23.5 Å². The molecule has 1 nitrogen and oxygen atoms in total. The van der Waals surface area contributed by atoms with Crippen molar-refractivity contribution < 1.29 is 4.39 Å². The van der Waals surface area contributed by atoms with Crippen LogP contribution in [0, 0.1) is 0 Å². The van der Waals surface area contributed by atoms with Gasteiger partial charge in [0.05, 0.1) is 0 Å². The fraction of sp³-hybridized carbons (Fsp3) is 1.00. The second-order valence-electron chi connectivity index (χ2n) is 2.46. The zero-order valence-electron chi connectivity index (χ0n) is 6.51. The Balaban J connectivity index is 1.96. The first-order valence-electron chi connectivity index (χ1n) is 3.89. The third kappa shape index (κ3) is 4.23. The van der Waals surface area contributed by atoms with Crippen molar-refractivity contribution in [2.75, 3.05) is 37.0 Å². The predicted octanol–water partition coefficient (Wildman–Crippen LogP) is 1.39. The van der Waals surface area contributed by atoms with E-state index in [0.29, 0.717) is 11.8 Å². The monoisotopic (exact) mass is 195 g/mol. The predicted molar refractivity (Wildman–Crippen MR) is 52.4 cm³/mol. The van der Waals surface area contributed by atoms with E-state index in [2.05, 4.69) is 5.32 Å². The smallest absolute Gasteiger partial charge is 0.102 e. The van der Waals surface area contributed by atoms with E-state index in [9.17, 15) is 4.39 Å². The Bertz CT molecular complexity index is 96.4. The zero-order valence-corrected chi connectivity index (χ0v) is 8.15. The van der Waals surface area contributed by atoms with Crippen LogP contribution < -0.4 is 5.32 Å². The SMILES string of the molecule is FCCNCC1CSCCS1. The molecular weight excluding hydrogens is 181 g/mol. The average Bonchev–Trinajstić information content (AvgIpc) is 2.07. The summed E-state index contributed by atoms with van der Waals surface area (Å²) in [7, 11) is 0. The van der Waals surface area contributed by atoms with Crippen molar-refractivity contribution in [3.05, 3.63) is 0 Å². The molecule has 0 amide bonds. The molecule has 0 bridgehead atoms. The zero-order chi connectivity index (χ0) is 7.94. The number of nitrogens with one attached hydrogen (secondary N) is 1. The minimum atomic E-state index is -0.246. The van der Waals surface area contributed by atoms with E-state index in [0.717, 1.165) is 6.54 Å². The fourth-order valence-corrected chi connectivity index (χ4v) is 3.63. The van der Waals surface area contributed by atoms with Gasteiger partial charge in [0, 0.05) is 35.6 Å². The summed E-state index contributed by atoms with van der Waals surface area (Å²) in [6, 6.07) is 0. The molecule has 1 saturated heterocycles. The molecule has 1 unspecified atom stereocenters. The normalized spacial score (nSPS) is 25.4. The molecule has 11 heavy (non-hydrogen) atoms. The van der Waals surface area contributed by atoms with E-state index in [1.807, 2.05) is 23.5 Å². The molecule has 0 radical (unpaired) electrons. The quantitative estimate of drug-likeness (QED) is 0.681. The lowest BCUT2D eigenvalue weighted by atomic mass is 10.4. The molecule has 1 heterocycles. The Morgan fingerprint density at radius 1 is 1.45 bits per heavy atom. The summed E-state index contributed by atoms with van der Waals surface area (Å²) in [5.41, 5.74) is 0. The van der Waals surface area contributed by atoms with Gasteiger partial charge in [0.25, 0.3) is 0 Å². The van der Waals surface area contributed by atoms with E-state index >= 15 is 0 Å². The summed E-state index contributed by atoms with van der Waals surface area (Å²) in [5.74, 6) is 3.76. The molecule has 0 aromatic rings. The van der Waals surface area contributed by atoms with Gasteiger partial charge in [0.1, 0.15) is 6.67 Å². The topological polar surface area (TPSA) is 12.0 Å². The molecule has 4 heteroatoms. The first-order valence-corrected chi connectivity index (χ1v) is 6.10. The second kappa shape index (κ2) is 6.14. The minimum absolute atomic E-state index is 0.246. The molecule has 1 rings (SSSR count). The van der Waals surface area contributed by atoms with Crippen molar-refractivity contribution in [3.8, 4) is 0 Å². The maximum atomic E-state index is 11.7. The summed E-state index contributed by atoms with van der Waals surface area (Å²) in [6.07, 6.45) is 0. The van der Waals surface area contributed by atoms with Crippen LogP contribution in [0.5, 0.6) is 0 Å². The van der Waals surface area contributed by atoms with E-state index in [1.54, 1.807) is 0 Å². The van der Waals surface area contributed by atoms with Gasteiger partial charge in [-0.05, 0) is 0 Å². The number of rotatable bonds is 4. The summed E-state index contributed by atoms with van der Waals surface area (Å²) in [4.78, 5) is 0. The van der Waals surface area contributed by atoms with Crippen LogP contribution in [0.4, 0.5) is 4.39 Å². The highest BCUT2D eigenvalue weighted by Gasteiger charge is 2.12. The lowest BCUT2D eigenvalue weighted by Gasteiger charge is -2.20. The van der Waals surface area contributed by atoms with Gasteiger partial charge in [-0.2, -0.15) is 23.5 Å². The maximum Gasteiger partial charge on any atom is 0.102 e. The molecule has 66 valence electrons. The van der Waals surface area contributed by atoms with Gasteiger partial charge in [-0.3, -0.25) is 0 Å². The molecule has 1 fully saturated rings. The minimum Gasteiger partial charge on any atom is -0.313 e. The molecule has 0 spiro atoms. The standard InChI is InChI=1S/C7H14FNS2/c8-1-2-9-5-7-6-10-3-4-11-7/h7,9H,1-6H2. The van der Waals surface area contributed by atoms with E-state index in [-0.39, 0.29) is 6.67 Å². The Labute approximate surface area is 75.9 Å². The molecular formula is C7H14FNS2. The lowest BCUT2D eigenvalue weighted by molar-refractivity contribution is 0.468. The van der Waals surface area contributed by atoms with E-state index in [1.165, 1.54) is 17.3 Å². The summed E-state index contributed by atoms with van der Waals surface area (Å²) < 4.78 is 11.7. The number of alkyl halides is 1. The number of thioether (sulfide) groups is 2. The van der Waals surface area contributed by atoms with Gasteiger partial charge in [-0.25, -0.2) is 4.39 Å². The van der Waals surface area contributed by atoms with Crippen molar-refractivity contribution in [2.24, 2.45) is 0 Å². The molecule has 0 aromatic heterocycles. The largest absolute Gasteiger partial charge is 0.313 e. The van der Waals surface area contributed by atoms with Crippen LogP contribution in [0.15, 0.2) is 0 Å². The first-order chi connectivity index (χ1) is 5.43.